The third-order valence-electron chi connectivity index (χ3n) is 5.61. The second kappa shape index (κ2) is 11.6. The van der Waals surface area contributed by atoms with Gasteiger partial charge in [0.25, 0.3) is 0 Å². The standard InChI is InChI=1S/C27H26F3N5O2/c1-2-20-7-3-4-8-24(20)33-26(36)31-17-5-6-19-9-11-21(12-10-19)25-32-18-35(34-25)22-13-15-23(16-14-22)37-27(28,29)30/h3-4,7-16,18H,2,5-6,17H2,1H3,(H2,31,33,36). The second-order valence-corrected chi connectivity index (χ2v) is 8.25. The molecular weight excluding hydrogens is 483 g/mol. The number of carbonyl (C=O) groups excluding carboxylic acids is 1. The number of nitrogens with zero attached hydrogens (tertiary/aromatic N) is 3. The Hall–Kier alpha value is -4.34. The van der Waals surface area contributed by atoms with E-state index in [2.05, 4.69) is 25.5 Å². The van der Waals surface area contributed by atoms with E-state index in [0.717, 1.165) is 41.6 Å². The SMILES string of the molecule is CCc1ccccc1NC(=O)NCCCc1ccc(-c2ncn(-c3ccc(OC(F)(F)F)cc3)n2)cc1. The Kier molecular flexibility index (Phi) is 8.07. The molecule has 4 rings (SSSR count). The molecule has 2 amide bonds. The van der Waals surface area contributed by atoms with Crippen LogP contribution in [0.3, 0.4) is 0 Å². The molecule has 1 aromatic heterocycles. The molecule has 3 aromatic carbocycles. The molecule has 0 unspecified atom stereocenters. The second-order valence-electron chi connectivity index (χ2n) is 8.25. The lowest BCUT2D eigenvalue weighted by Gasteiger charge is -2.11. The van der Waals surface area contributed by atoms with E-state index in [1.54, 1.807) is 0 Å². The molecule has 0 aliphatic carbocycles. The molecule has 0 atom stereocenters. The minimum absolute atomic E-state index is 0.222. The van der Waals surface area contributed by atoms with Gasteiger partial charge in [-0.25, -0.2) is 14.5 Å². The highest BCUT2D eigenvalue weighted by atomic mass is 19.4. The number of nitrogens with one attached hydrogen (secondary N) is 2. The minimum atomic E-state index is -4.74. The molecule has 0 spiro atoms. The van der Waals surface area contributed by atoms with Gasteiger partial charge in [0.05, 0.1) is 5.69 Å². The summed E-state index contributed by atoms with van der Waals surface area (Å²) in [4.78, 5) is 16.5. The van der Waals surface area contributed by atoms with Crippen LogP contribution in [0, 0.1) is 0 Å². The summed E-state index contributed by atoms with van der Waals surface area (Å²) < 4.78 is 42.4. The van der Waals surface area contributed by atoms with Crippen LogP contribution in [0.15, 0.2) is 79.1 Å². The van der Waals surface area contributed by atoms with Crippen LogP contribution in [-0.4, -0.2) is 33.7 Å². The fraction of sp³-hybridized carbons (Fsp3) is 0.222. The first-order chi connectivity index (χ1) is 17.8. The van der Waals surface area contributed by atoms with Gasteiger partial charge in [0.15, 0.2) is 5.82 Å². The number of aromatic nitrogens is 3. The van der Waals surface area contributed by atoms with Gasteiger partial charge in [0, 0.05) is 17.8 Å². The number of halogens is 3. The number of para-hydroxylation sites is 1. The Morgan fingerprint density at radius 1 is 1.00 bits per heavy atom. The average molecular weight is 510 g/mol. The number of anilines is 1. The quantitative estimate of drug-likeness (QED) is 0.265. The number of alkyl halides is 3. The first-order valence-corrected chi connectivity index (χ1v) is 11.8. The molecule has 7 nitrogen and oxygen atoms in total. The van der Waals surface area contributed by atoms with Gasteiger partial charge in [-0.05, 0) is 60.7 Å². The fourth-order valence-corrected chi connectivity index (χ4v) is 3.75. The topological polar surface area (TPSA) is 81.1 Å². The Bertz CT molecular complexity index is 1320. The van der Waals surface area contributed by atoms with E-state index in [4.69, 9.17) is 0 Å². The maximum Gasteiger partial charge on any atom is 0.573 e. The summed E-state index contributed by atoms with van der Waals surface area (Å²) in [5.74, 6) is 0.192. The van der Waals surface area contributed by atoms with Crippen LogP contribution < -0.4 is 15.4 Å². The van der Waals surface area contributed by atoms with Gasteiger partial charge in [-0.15, -0.1) is 18.3 Å². The molecule has 2 N–H and O–H groups in total. The van der Waals surface area contributed by atoms with Crippen molar-refractivity contribution in [2.24, 2.45) is 0 Å². The molecular formula is C27H26F3N5O2. The van der Waals surface area contributed by atoms with Crippen molar-refractivity contribution in [3.63, 3.8) is 0 Å². The molecule has 192 valence electrons. The normalized spacial score (nSPS) is 11.2. The molecule has 0 saturated carbocycles. The summed E-state index contributed by atoms with van der Waals surface area (Å²) in [6.07, 6.45) is -0.821. The molecule has 37 heavy (non-hydrogen) atoms. The van der Waals surface area contributed by atoms with Crippen LogP contribution >= 0.6 is 0 Å². The predicted octanol–water partition coefficient (Wildman–Crippen LogP) is 6.15. The Morgan fingerprint density at radius 2 is 1.73 bits per heavy atom. The van der Waals surface area contributed by atoms with E-state index in [0.29, 0.717) is 18.1 Å². The van der Waals surface area contributed by atoms with Gasteiger partial charge in [0.2, 0.25) is 0 Å². The van der Waals surface area contributed by atoms with Crippen molar-refractivity contribution < 1.29 is 22.7 Å². The number of ether oxygens (including phenoxy) is 1. The zero-order chi connectivity index (χ0) is 26.3. The zero-order valence-electron chi connectivity index (χ0n) is 20.1. The summed E-state index contributed by atoms with van der Waals surface area (Å²) in [6.45, 7) is 2.59. The van der Waals surface area contributed by atoms with E-state index in [-0.39, 0.29) is 11.8 Å². The lowest BCUT2D eigenvalue weighted by Crippen LogP contribution is -2.30. The van der Waals surface area contributed by atoms with Crippen molar-refractivity contribution in [2.75, 3.05) is 11.9 Å². The van der Waals surface area contributed by atoms with Gasteiger partial charge in [-0.2, -0.15) is 0 Å². The van der Waals surface area contributed by atoms with Crippen LogP contribution in [0.5, 0.6) is 5.75 Å². The number of urea groups is 1. The van der Waals surface area contributed by atoms with Crippen molar-refractivity contribution in [1.82, 2.24) is 20.1 Å². The fourth-order valence-electron chi connectivity index (χ4n) is 3.75. The number of benzene rings is 3. The van der Waals surface area contributed by atoms with Gasteiger partial charge in [-0.1, -0.05) is 49.4 Å². The number of carbonyl (C=O) groups is 1. The van der Waals surface area contributed by atoms with Gasteiger partial charge in [-0.3, -0.25) is 0 Å². The highest BCUT2D eigenvalue weighted by Gasteiger charge is 2.31. The summed E-state index contributed by atoms with van der Waals surface area (Å²) in [6, 6.07) is 20.7. The number of rotatable bonds is 9. The smallest absolute Gasteiger partial charge is 0.406 e. The molecule has 0 aliphatic rings. The molecule has 10 heteroatoms. The van der Waals surface area contributed by atoms with E-state index in [1.165, 1.54) is 35.3 Å². The maximum atomic E-state index is 12.3. The summed E-state index contributed by atoms with van der Waals surface area (Å²) in [5, 5.41) is 10.2. The summed E-state index contributed by atoms with van der Waals surface area (Å²) in [5.41, 5.74) is 4.39. The van der Waals surface area contributed by atoms with Gasteiger partial charge < -0.3 is 15.4 Å². The first-order valence-electron chi connectivity index (χ1n) is 11.8. The molecule has 1 heterocycles. The van der Waals surface area contributed by atoms with E-state index >= 15 is 0 Å². The van der Waals surface area contributed by atoms with Crippen LogP contribution in [0.4, 0.5) is 23.7 Å². The van der Waals surface area contributed by atoms with E-state index in [1.807, 2.05) is 55.5 Å². The molecule has 0 aliphatic heterocycles. The Morgan fingerprint density at radius 3 is 2.43 bits per heavy atom. The lowest BCUT2D eigenvalue weighted by molar-refractivity contribution is -0.274. The van der Waals surface area contributed by atoms with Crippen molar-refractivity contribution in [3.05, 3.63) is 90.3 Å². The van der Waals surface area contributed by atoms with Crippen molar-refractivity contribution in [1.29, 1.82) is 0 Å². The number of hydrogen-bond acceptors (Lipinski definition) is 4. The third kappa shape index (κ3) is 7.33. The van der Waals surface area contributed by atoms with Crippen LogP contribution in [-0.2, 0) is 12.8 Å². The molecule has 0 bridgehead atoms. The zero-order valence-corrected chi connectivity index (χ0v) is 20.1. The van der Waals surface area contributed by atoms with E-state index < -0.39 is 6.36 Å². The highest BCUT2D eigenvalue weighted by molar-refractivity contribution is 5.90. The number of amides is 2. The number of aryl methyl sites for hydroxylation is 2. The molecule has 0 fully saturated rings. The number of hydrogen-bond donors (Lipinski definition) is 2. The molecule has 4 aromatic rings. The van der Waals surface area contributed by atoms with Crippen molar-refractivity contribution in [3.8, 4) is 22.8 Å². The predicted molar refractivity (Wildman–Crippen MR) is 135 cm³/mol. The lowest BCUT2D eigenvalue weighted by atomic mass is 10.1. The third-order valence-corrected chi connectivity index (χ3v) is 5.61. The molecule has 0 saturated heterocycles. The van der Waals surface area contributed by atoms with E-state index in [9.17, 15) is 18.0 Å². The Balaban J connectivity index is 1.26. The maximum absolute atomic E-state index is 12.3. The van der Waals surface area contributed by atoms with Crippen molar-refractivity contribution in [2.45, 2.75) is 32.5 Å². The summed E-state index contributed by atoms with van der Waals surface area (Å²) >= 11 is 0. The summed E-state index contributed by atoms with van der Waals surface area (Å²) in [7, 11) is 0. The first kappa shape index (κ1) is 25.7. The van der Waals surface area contributed by atoms with Gasteiger partial charge in [0.1, 0.15) is 12.1 Å². The van der Waals surface area contributed by atoms with Crippen LogP contribution in [0.2, 0.25) is 0 Å². The van der Waals surface area contributed by atoms with Crippen LogP contribution in [0.1, 0.15) is 24.5 Å². The van der Waals surface area contributed by atoms with Crippen LogP contribution in [0.25, 0.3) is 17.1 Å². The average Bonchev–Trinajstić information content (AvgIpc) is 3.37. The molecule has 0 radical (unpaired) electrons. The largest absolute Gasteiger partial charge is 0.573 e. The van der Waals surface area contributed by atoms with Crippen molar-refractivity contribution >= 4 is 11.7 Å². The highest BCUT2D eigenvalue weighted by Crippen LogP contribution is 2.24. The van der Waals surface area contributed by atoms with Gasteiger partial charge >= 0.3 is 12.4 Å². The minimum Gasteiger partial charge on any atom is -0.406 e. The monoisotopic (exact) mass is 509 g/mol. The Labute approximate surface area is 212 Å².